The largest absolute Gasteiger partial charge is 0.393 e. The summed E-state index contributed by atoms with van der Waals surface area (Å²) in [6.07, 6.45) is 17.0. The Balaban J connectivity index is 1.45. The molecule has 3 heteroatoms. The van der Waals surface area contributed by atoms with E-state index in [9.17, 15) is 5.11 Å². The molecule has 174 valence electrons. The van der Waals surface area contributed by atoms with Crippen molar-refractivity contribution in [2.45, 2.75) is 104 Å². The SMILES string of the molecule is CC(C)[C@@H](C)/C=C/[C@@H](C)[C@H]1CCC2C34C=C[C@]5(C[C@@H](O)CC[C@]5(C)C3CC[C@@]21C)OO4. The molecule has 31 heavy (non-hydrogen) atoms. The van der Waals surface area contributed by atoms with Gasteiger partial charge in [-0.05, 0) is 73.7 Å². The molecule has 2 bridgehead atoms. The Morgan fingerprint density at radius 2 is 1.68 bits per heavy atom. The zero-order valence-electron chi connectivity index (χ0n) is 20.6. The van der Waals surface area contributed by atoms with Gasteiger partial charge in [-0.15, -0.1) is 0 Å². The van der Waals surface area contributed by atoms with Gasteiger partial charge in [-0.3, -0.25) is 0 Å². The third-order valence-corrected chi connectivity index (χ3v) is 11.1. The van der Waals surface area contributed by atoms with Crippen LogP contribution in [0, 0.1) is 46.3 Å². The van der Waals surface area contributed by atoms with Gasteiger partial charge in [-0.1, -0.05) is 59.8 Å². The summed E-state index contributed by atoms with van der Waals surface area (Å²) in [7, 11) is 0. The van der Waals surface area contributed by atoms with E-state index < -0.39 is 5.60 Å². The fraction of sp³-hybridized carbons (Fsp3) is 0.857. The van der Waals surface area contributed by atoms with Crippen LogP contribution in [0.5, 0.6) is 0 Å². The predicted molar refractivity (Wildman–Crippen MR) is 124 cm³/mol. The van der Waals surface area contributed by atoms with Gasteiger partial charge in [0.2, 0.25) is 0 Å². The second-order valence-electron chi connectivity index (χ2n) is 12.7. The van der Waals surface area contributed by atoms with Crippen LogP contribution in [0.25, 0.3) is 0 Å². The molecule has 2 spiro atoms. The van der Waals surface area contributed by atoms with Crippen molar-refractivity contribution in [3.63, 3.8) is 0 Å². The molecular formula is C28H44O3. The van der Waals surface area contributed by atoms with E-state index in [2.05, 4.69) is 65.8 Å². The summed E-state index contributed by atoms with van der Waals surface area (Å²) in [6, 6.07) is 0. The molecule has 3 unspecified atom stereocenters. The Kier molecular flexibility index (Phi) is 5.13. The lowest BCUT2D eigenvalue weighted by Gasteiger charge is -2.69. The number of allylic oxidation sites excluding steroid dienone is 2. The quantitative estimate of drug-likeness (QED) is 0.412. The Morgan fingerprint density at radius 1 is 0.903 bits per heavy atom. The summed E-state index contributed by atoms with van der Waals surface area (Å²) >= 11 is 0. The van der Waals surface area contributed by atoms with Crippen LogP contribution in [-0.4, -0.2) is 22.4 Å². The van der Waals surface area contributed by atoms with Crippen LogP contribution in [0.4, 0.5) is 0 Å². The van der Waals surface area contributed by atoms with Gasteiger partial charge < -0.3 is 5.11 Å². The summed E-state index contributed by atoms with van der Waals surface area (Å²) < 4.78 is 0. The highest BCUT2D eigenvalue weighted by atomic mass is 17.2. The number of fused-ring (bicyclic) bond motifs is 2. The molecule has 6 aliphatic rings. The highest BCUT2D eigenvalue weighted by molar-refractivity contribution is 5.33. The molecule has 3 nitrogen and oxygen atoms in total. The van der Waals surface area contributed by atoms with Crippen LogP contribution in [0.1, 0.15) is 86.5 Å². The van der Waals surface area contributed by atoms with Crippen molar-refractivity contribution in [2.75, 3.05) is 0 Å². The van der Waals surface area contributed by atoms with Crippen molar-refractivity contribution < 1.29 is 14.9 Å². The molecule has 4 aliphatic carbocycles. The molecule has 0 radical (unpaired) electrons. The van der Waals surface area contributed by atoms with Crippen molar-refractivity contribution in [3.05, 3.63) is 24.3 Å². The van der Waals surface area contributed by atoms with Gasteiger partial charge in [0.05, 0.1) is 6.10 Å². The average Bonchev–Trinajstić information content (AvgIpc) is 3.09. The Hall–Kier alpha value is -0.640. The molecule has 4 fully saturated rings. The van der Waals surface area contributed by atoms with Crippen molar-refractivity contribution in [2.24, 2.45) is 46.3 Å². The molecule has 0 aromatic carbocycles. The number of aliphatic hydroxyl groups excluding tert-OH is 1. The average molecular weight is 429 g/mol. The minimum absolute atomic E-state index is 0.0663. The van der Waals surface area contributed by atoms with Crippen molar-refractivity contribution in [1.82, 2.24) is 0 Å². The lowest BCUT2D eigenvalue weighted by molar-refractivity contribution is -0.497. The molecular weight excluding hydrogens is 384 g/mol. The number of rotatable bonds is 4. The first-order valence-corrected chi connectivity index (χ1v) is 13.0. The Bertz CT molecular complexity index is 772. The number of hydrogen-bond acceptors (Lipinski definition) is 3. The molecule has 0 aromatic rings. The smallest absolute Gasteiger partial charge is 0.130 e. The van der Waals surface area contributed by atoms with Crippen LogP contribution in [-0.2, 0) is 9.78 Å². The summed E-state index contributed by atoms with van der Waals surface area (Å²) in [5.74, 6) is 3.64. The molecule has 6 rings (SSSR count). The van der Waals surface area contributed by atoms with Gasteiger partial charge in [-0.25, -0.2) is 9.78 Å². The normalized spacial score (nSPS) is 52.8. The molecule has 2 heterocycles. The van der Waals surface area contributed by atoms with Crippen LogP contribution < -0.4 is 0 Å². The molecule has 1 N–H and O–H groups in total. The van der Waals surface area contributed by atoms with E-state index in [0.29, 0.717) is 41.9 Å². The third kappa shape index (κ3) is 2.88. The van der Waals surface area contributed by atoms with Gasteiger partial charge in [0.1, 0.15) is 11.2 Å². The topological polar surface area (TPSA) is 38.7 Å². The van der Waals surface area contributed by atoms with Crippen LogP contribution in [0.2, 0.25) is 0 Å². The fourth-order valence-electron chi connectivity index (χ4n) is 8.71. The van der Waals surface area contributed by atoms with Crippen LogP contribution in [0.3, 0.4) is 0 Å². The fourth-order valence-corrected chi connectivity index (χ4v) is 8.71. The first kappa shape index (κ1) is 22.2. The standard InChI is InChI=1S/C28H44O3/c1-18(2)19(3)7-8-20(4)22-9-10-23-25(22,5)13-12-24-26(6)14-11-21(29)17-27(26)15-16-28(23,24)31-30-27/h7-8,15-16,18-24,29H,9-14,17H2,1-6H3/b8-7+/t19-,20+,21-,22+,23?,24?,25+,26+,27+,28?/m0/s1. The zero-order chi connectivity index (χ0) is 22.2. The molecule has 2 aliphatic heterocycles. The lowest BCUT2D eigenvalue weighted by atomic mass is 9.43. The maximum atomic E-state index is 10.4. The van der Waals surface area contributed by atoms with E-state index >= 15 is 0 Å². The van der Waals surface area contributed by atoms with E-state index in [-0.39, 0.29) is 22.5 Å². The van der Waals surface area contributed by atoms with E-state index in [1.165, 1.54) is 25.7 Å². The van der Waals surface area contributed by atoms with Crippen molar-refractivity contribution in [1.29, 1.82) is 0 Å². The number of hydrogen-bond donors (Lipinski definition) is 1. The van der Waals surface area contributed by atoms with Gasteiger partial charge in [0.25, 0.3) is 0 Å². The molecule has 3 saturated carbocycles. The van der Waals surface area contributed by atoms with Crippen LogP contribution in [0.15, 0.2) is 24.3 Å². The first-order chi connectivity index (χ1) is 14.6. The maximum absolute atomic E-state index is 10.4. The molecule has 0 amide bonds. The minimum Gasteiger partial charge on any atom is -0.393 e. The van der Waals surface area contributed by atoms with E-state index in [4.69, 9.17) is 9.78 Å². The Labute approximate surface area is 189 Å². The van der Waals surface area contributed by atoms with Crippen molar-refractivity contribution in [3.8, 4) is 0 Å². The van der Waals surface area contributed by atoms with Gasteiger partial charge in [-0.2, -0.15) is 0 Å². The predicted octanol–water partition coefficient (Wildman–Crippen LogP) is 6.47. The third-order valence-electron chi connectivity index (χ3n) is 11.1. The van der Waals surface area contributed by atoms with E-state index in [1.54, 1.807) is 0 Å². The second kappa shape index (κ2) is 7.18. The molecule has 0 aromatic heterocycles. The van der Waals surface area contributed by atoms with Crippen LogP contribution >= 0.6 is 0 Å². The zero-order valence-corrected chi connectivity index (χ0v) is 20.6. The lowest BCUT2D eigenvalue weighted by Crippen LogP contribution is -2.73. The van der Waals surface area contributed by atoms with Gasteiger partial charge in [0.15, 0.2) is 0 Å². The molecule has 1 saturated heterocycles. The van der Waals surface area contributed by atoms with Crippen molar-refractivity contribution >= 4 is 0 Å². The maximum Gasteiger partial charge on any atom is 0.130 e. The second-order valence-corrected chi connectivity index (χ2v) is 12.7. The summed E-state index contributed by atoms with van der Waals surface area (Å²) in [5, 5.41) is 10.4. The van der Waals surface area contributed by atoms with E-state index in [1.807, 2.05) is 0 Å². The summed E-state index contributed by atoms with van der Waals surface area (Å²) in [4.78, 5) is 12.8. The van der Waals surface area contributed by atoms with Gasteiger partial charge >= 0.3 is 0 Å². The first-order valence-electron chi connectivity index (χ1n) is 13.0. The highest BCUT2D eigenvalue weighted by Crippen LogP contribution is 2.72. The van der Waals surface area contributed by atoms with Gasteiger partial charge in [0, 0.05) is 23.7 Å². The monoisotopic (exact) mass is 428 g/mol. The number of aliphatic hydroxyl groups is 1. The summed E-state index contributed by atoms with van der Waals surface area (Å²) in [6.45, 7) is 14.4. The summed E-state index contributed by atoms with van der Waals surface area (Å²) in [5.41, 5.74) is -0.366. The Morgan fingerprint density at radius 3 is 2.35 bits per heavy atom. The minimum atomic E-state index is -0.439. The van der Waals surface area contributed by atoms with E-state index in [0.717, 1.165) is 12.8 Å². The highest BCUT2D eigenvalue weighted by Gasteiger charge is 2.74. The molecule has 10 atom stereocenters.